The Morgan fingerprint density at radius 3 is 2.56 bits per heavy atom. The molecule has 2 amide bonds. The molecule has 0 aromatic heterocycles. The highest BCUT2D eigenvalue weighted by atomic mass is 35.5. The molecule has 0 spiro atoms. The number of nitrogens with one attached hydrogen (secondary N) is 2. The second-order valence-corrected chi connectivity index (χ2v) is 10.9. The molecule has 4 atom stereocenters. The Morgan fingerprint density at radius 2 is 1.90 bits per heavy atom. The lowest BCUT2D eigenvalue weighted by Gasteiger charge is -2.41. The summed E-state index contributed by atoms with van der Waals surface area (Å²) >= 11 is 6.25. The smallest absolute Gasteiger partial charge is 0.315 e. The lowest BCUT2D eigenvalue weighted by Crippen LogP contribution is -2.57. The maximum absolute atomic E-state index is 14.6. The Labute approximate surface area is 231 Å². The van der Waals surface area contributed by atoms with Crippen LogP contribution < -0.4 is 24.8 Å². The number of rotatable bonds is 7. The van der Waals surface area contributed by atoms with Gasteiger partial charge in [-0.25, -0.2) is 9.18 Å². The van der Waals surface area contributed by atoms with Gasteiger partial charge in [-0.2, -0.15) is 0 Å². The molecule has 39 heavy (non-hydrogen) atoms. The van der Waals surface area contributed by atoms with Crippen molar-refractivity contribution < 1.29 is 28.5 Å². The largest absolute Gasteiger partial charge is 0.496 e. The first-order valence-corrected chi connectivity index (χ1v) is 13.4. The van der Waals surface area contributed by atoms with E-state index in [-0.39, 0.29) is 12.5 Å². The van der Waals surface area contributed by atoms with E-state index in [1.807, 2.05) is 6.07 Å². The van der Waals surface area contributed by atoms with Gasteiger partial charge in [-0.05, 0) is 60.6 Å². The van der Waals surface area contributed by atoms with E-state index in [9.17, 15) is 14.3 Å². The maximum atomic E-state index is 14.6. The topological polar surface area (TPSA) is 89.0 Å². The minimum absolute atomic E-state index is 0.272. The molecular formula is C30H30ClFN2O5. The van der Waals surface area contributed by atoms with Crippen LogP contribution in [0.15, 0.2) is 60.7 Å². The highest BCUT2D eigenvalue weighted by Gasteiger charge is 2.74. The summed E-state index contributed by atoms with van der Waals surface area (Å²) in [5, 5.41) is 19.5. The van der Waals surface area contributed by atoms with Crippen LogP contribution in [0.3, 0.4) is 0 Å². The van der Waals surface area contributed by atoms with E-state index >= 15 is 0 Å². The van der Waals surface area contributed by atoms with Gasteiger partial charge in [0.1, 0.15) is 23.1 Å². The fourth-order valence-electron chi connectivity index (χ4n) is 6.28. The highest BCUT2D eigenvalue weighted by molar-refractivity contribution is 6.30. The van der Waals surface area contributed by atoms with Gasteiger partial charge in [0.2, 0.25) is 0 Å². The van der Waals surface area contributed by atoms with E-state index < -0.39 is 29.0 Å². The number of ether oxygens (including phenoxy) is 3. The molecule has 0 unspecified atom stereocenters. The molecule has 7 nitrogen and oxygen atoms in total. The number of carbonyl (C=O) groups excluding carboxylic acids is 1. The normalized spacial score (nSPS) is 26.8. The molecule has 3 aliphatic rings. The van der Waals surface area contributed by atoms with Crippen LogP contribution in [0.25, 0.3) is 0 Å². The molecule has 0 radical (unpaired) electrons. The number of carbonyl (C=O) groups is 1. The lowest BCUT2D eigenvalue weighted by molar-refractivity contribution is -0.116. The van der Waals surface area contributed by atoms with Crippen LogP contribution in [-0.4, -0.2) is 37.9 Å². The monoisotopic (exact) mass is 552 g/mol. The summed E-state index contributed by atoms with van der Waals surface area (Å²) in [4.78, 5) is 13.1. The SMILES string of the molecule is COc1cc(OC)c2c(c1)O[C@@]1(c3ccc(Cl)cc3)[C@H](c3cccc(F)c3)C[C@H](NC(=O)NCC3CC3)[C@@]21O. The van der Waals surface area contributed by atoms with Gasteiger partial charge in [0.05, 0.1) is 25.8 Å². The number of benzene rings is 3. The van der Waals surface area contributed by atoms with E-state index in [0.29, 0.717) is 51.4 Å². The maximum Gasteiger partial charge on any atom is 0.315 e. The number of aliphatic hydroxyl groups is 1. The Balaban J connectivity index is 1.56. The predicted molar refractivity (Wildman–Crippen MR) is 144 cm³/mol. The van der Waals surface area contributed by atoms with Gasteiger partial charge >= 0.3 is 6.03 Å². The van der Waals surface area contributed by atoms with Crippen LogP contribution in [0.4, 0.5) is 9.18 Å². The van der Waals surface area contributed by atoms with Crippen LogP contribution >= 0.6 is 11.6 Å². The van der Waals surface area contributed by atoms with E-state index in [1.54, 1.807) is 42.5 Å². The van der Waals surface area contributed by atoms with Crippen molar-refractivity contribution in [3.05, 3.63) is 88.2 Å². The highest BCUT2D eigenvalue weighted by Crippen LogP contribution is 2.68. The van der Waals surface area contributed by atoms with E-state index in [1.165, 1.54) is 26.4 Å². The van der Waals surface area contributed by atoms with Crippen molar-refractivity contribution in [1.29, 1.82) is 0 Å². The van der Waals surface area contributed by atoms with Crippen LogP contribution in [0.2, 0.25) is 5.02 Å². The quantitative estimate of drug-likeness (QED) is 0.373. The molecule has 2 saturated carbocycles. The van der Waals surface area contributed by atoms with Crippen molar-refractivity contribution in [2.24, 2.45) is 5.92 Å². The second-order valence-electron chi connectivity index (χ2n) is 10.5. The fourth-order valence-corrected chi connectivity index (χ4v) is 6.41. The molecule has 0 saturated heterocycles. The molecule has 3 N–H and O–H groups in total. The van der Waals surface area contributed by atoms with Crippen molar-refractivity contribution in [3.8, 4) is 17.2 Å². The average Bonchev–Trinajstić information content (AvgIpc) is 3.68. The zero-order valence-electron chi connectivity index (χ0n) is 21.7. The first-order chi connectivity index (χ1) is 18.8. The van der Waals surface area contributed by atoms with Crippen LogP contribution in [0, 0.1) is 11.7 Å². The third kappa shape index (κ3) is 4.08. The molecule has 2 fully saturated rings. The summed E-state index contributed by atoms with van der Waals surface area (Å²) in [5.74, 6) is 0.711. The van der Waals surface area contributed by atoms with Gasteiger partial charge in [-0.1, -0.05) is 35.9 Å². The number of hydrogen-bond acceptors (Lipinski definition) is 5. The van der Waals surface area contributed by atoms with Gasteiger partial charge in [-0.15, -0.1) is 0 Å². The second kappa shape index (κ2) is 9.61. The number of halogens is 2. The Hall–Kier alpha value is -3.49. The minimum Gasteiger partial charge on any atom is -0.496 e. The van der Waals surface area contributed by atoms with Crippen LogP contribution in [0.5, 0.6) is 17.2 Å². The van der Waals surface area contributed by atoms with E-state index in [4.69, 9.17) is 25.8 Å². The molecule has 1 aliphatic heterocycles. The minimum atomic E-state index is -1.80. The van der Waals surface area contributed by atoms with Gasteiger partial charge < -0.3 is 30.0 Å². The third-order valence-corrected chi connectivity index (χ3v) is 8.51. The first kappa shape index (κ1) is 25.8. The molecular weight excluding hydrogens is 523 g/mol. The van der Waals surface area contributed by atoms with Gasteiger partial charge in [0, 0.05) is 29.6 Å². The zero-order valence-corrected chi connectivity index (χ0v) is 22.4. The molecule has 3 aromatic rings. The van der Waals surface area contributed by atoms with Crippen molar-refractivity contribution in [2.45, 2.75) is 42.4 Å². The lowest BCUT2D eigenvalue weighted by atomic mass is 9.71. The summed E-state index contributed by atoms with van der Waals surface area (Å²) in [7, 11) is 3.04. The standard InChI is InChI=1S/C30H30ClFN2O5/c1-37-22-13-24(38-2)27-25(14-22)39-30(19-8-10-20(31)11-9-19)23(18-4-3-5-21(32)12-18)15-26(29(27,30)36)34-28(35)33-16-17-6-7-17/h3-5,8-14,17,23,26,36H,6-7,15-16H2,1-2H3,(H2,33,34,35)/t23-,26-,29+,30-/m0/s1. The van der Waals surface area contributed by atoms with Crippen molar-refractivity contribution in [2.75, 3.05) is 20.8 Å². The van der Waals surface area contributed by atoms with Crippen molar-refractivity contribution >= 4 is 17.6 Å². The van der Waals surface area contributed by atoms with Gasteiger partial charge in [0.25, 0.3) is 0 Å². The molecule has 0 bridgehead atoms. The summed E-state index contributed by atoms with van der Waals surface area (Å²) in [5.41, 5.74) is -1.61. The predicted octanol–water partition coefficient (Wildman–Crippen LogP) is 5.24. The molecule has 6 rings (SSSR count). The van der Waals surface area contributed by atoms with Crippen molar-refractivity contribution in [1.82, 2.24) is 10.6 Å². The first-order valence-electron chi connectivity index (χ1n) is 13.0. The van der Waals surface area contributed by atoms with E-state index in [2.05, 4.69) is 10.6 Å². The Kier molecular flexibility index (Phi) is 6.35. The summed E-state index contributed by atoms with van der Waals surface area (Å²) < 4.78 is 32.6. The number of fused-ring (bicyclic) bond motifs is 3. The molecule has 9 heteroatoms. The molecule has 2 aliphatic carbocycles. The van der Waals surface area contributed by atoms with Crippen LogP contribution in [0.1, 0.15) is 41.9 Å². The van der Waals surface area contributed by atoms with E-state index in [0.717, 1.165) is 12.8 Å². The number of urea groups is 1. The average molecular weight is 553 g/mol. The van der Waals surface area contributed by atoms with Gasteiger partial charge in [0.15, 0.2) is 11.2 Å². The summed E-state index contributed by atoms with van der Waals surface area (Å²) in [6.45, 7) is 0.570. The van der Waals surface area contributed by atoms with Crippen LogP contribution in [-0.2, 0) is 11.2 Å². The Morgan fingerprint density at radius 1 is 1.13 bits per heavy atom. The third-order valence-electron chi connectivity index (χ3n) is 8.26. The van der Waals surface area contributed by atoms with Crippen molar-refractivity contribution in [3.63, 3.8) is 0 Å². The molecule has 204 valence electrons. The zero-order chi connectivity index (χ0) is 27.4. The number of amides is 2. The fraction of sp³-hybridized carbons (Fsp3) is 0.367. The van der Waals surface area contributed by atoms with Gasteiger partial charge in [-0.3, -0.25) is 0 Å². The summed E-state index contributed by atoms with van der Waals surface area (Å²) in [6.07, 6.45) is 2.46. The molecule has 1 heterocycles. The number of hydrogen-bond donors (Lipinski definition) is 3. The summed E-state index contributed by atoms with van der Waals surface area (Å²) in [6, 6.07) is 15.5. The Bertz CT molecular complexity index is 1410. The number of methoxy groups -OCH3 is 2. The molecule has 3 aromatic carbocycles.